The number of carboxylic acids is 1. The Morgan fingerprint density at radius 2 is 2.11 bits per heavy atom. The highest BCUT2D eigenvalue weighted by atomic mass is 16.6. The number of carbonyl (C=O) groups is 2. The van der Waals surface area contributed by atoms with E-state index in [0.29, 0.717) is 6.42 Å². The lowest BCUT2D eigenvalue weighted by Crippen LogP contribution is -2.52. The Morgan fingerprint density at radius 3 is 2.50 bits per heavy atom. The molecule has 0 radical (unpaired) electrons. The summed E-state index contributed by atoms with van der Waals surface area (Å²) in [5, 5.41) is 11.6. The van der Waals surface area contributed by atoms with E-state index in [2.05, 4.69) is 5.32 Å². The summed E-state index contributed by atoms with van der Waals surface area (Å²) in [6.45, 7) is 7.30. The lowest BCUT2D eigenvalue weighted by Gasteiger charge is -2.29. The molecular weight excluding hydrogens is 238 g/mol. The Hall–Kier alpha value is -1.30. The zero-order chi connectivity index (χ0) is 14.0. The quantitative estimate of drug-likeness (QED) is 0.803. The van der Waals surface area contributed by atoms with Crippen LogP contribution in [0.25, 0.3) is 0 Å². The van der Waals surface area contributed by atoms with Gasteiger partial charge in [-0.2, -0.15) is 0 Å². The maximum absolute atomic E-state index is 11.7. The van der Waals surface area contributed by atoms with Crippen LogP contribution in [-0.2, 0) is 14.3 Å². The molecule has 1 saturated heterocycles. The van der Waals surface area contributed by atoms with Gasteiger partial charge in [0.1, 0.15) is 5.60 Å². The summed E-state index contributed by atoms with van der Waals surface area (Å²) in [7, 11) is 0. The molecule has 6 nitrogen and oxygen atoms in total. The normalized spacial score (nSPS) is 27.9. The van der Waals surface area contributed by atoms with Crippen molar-refractivity contribution in [1.29, 1.82) is 0 Å². The van der Waals surface area contributed by atoms with Crippen molar-refractivity contribution in [3.8, 4) is 0 Å². The minimum atomic E-state index is -0.969. The molecule has 0 aliphatic carbocycles. The average Bonchev–Trinajstić information content (AvgIpc) is 2.41. The van der Waals surface area contributed by atoms with E-state index >= 15 is 0 Å². The second kappa shape index (κ2) is 5.14. The van der Waals surface area contributed by atoms with Crippen molar-refractivity contribution in [3.63, 3.8) is 0 Å². The Labute approximate surface area is 107 Å². The van der Waals surface area contributed by atoms with E-state index in [0.717, 1.165) is 0 Å². The molecule has 2 unspecified atom stereocenters. The zero-order valence-corrected chi connectivity index (χ0v) is 11.3. The van der Waals surface area contributed by atoms with Crippen LogP contribution >= 0.6 is 0 Å². The van der Waals surface area contributed by atoms with Crippen LogP contribution in [0.5, 0.6) is 0 Å². The van der Waals surface area contributed by atoms with E-state index in [-0.39, 0.29) is 19.1 Å². The van der Waals surface area contributed by atoms with Gasteiger partial charge in [-0.05, 0) is 34.1 Å². The first kappa shape index (κ1) is 14.8. The van der Waals surface area contributed by atoms with Gasteiger partial charge in [-0.1, -0.05) is 0 Å². The summed E-state index contributed by atoms with van der Waals surface area (Å²) >= 11 is 0. The van der Waals surface area contributed by atoms with E-state index < -0.39 is 23.2 Å². The zero-order valence-electron chi connectivity index (χ0n) is 11.3. The maximum atomic E-state index is 11.7. The van der Waals surface area contributed by atoms with Gasteiger partial charge < -0.3 is 19.9 Å². The van der Waals surface area contributed by atoms with Crippen LogP contribution in [0.4, 0.5) is 4.79 Å². The molecule has 104 valence electrons. The lowest BCUT2D eigenvalue weighted by atomic mass is 9.92. The largest absolute Gasteiger partial charge is 0.481 e. The van der Waals surface area contributed by atoms with Crippen molar-refractivity contribution in [1.82, 2.24) is 5.32 Å². The van der Waals surface area contributed by atoms with Gasteiger partial charge in [0, 0.05) is 0 Å². The highest BCUT2D eigenvalue weighted by molar-refractivity contribution is 5.73. The van der Waals surface area contributed by atoms with Gasteiger partial charge in [-0.15, -0.1) is 0 Å². The van der Waals surface area contributed by atoms with Crippen LogP contribution in [0.3, 0.4) is 0 Å². The molecule has 1 fully saturated rings. The van der Waals surface area contributed by atoms with Crippen LogP contribution in [-0.4, -0.2) is 41.0 Å². The van der Waals surface area contributed by atoms with Gasteiger partial charge in [0.2, 0.25) is 0 Å². The molecule has 0 bridgehead atoms. The third-order valence-electron chi connectivity index (χ3n) is 2.58. The number of amides is 1. The number of ether oxygens (including phenoxy) is 2. The van der Waals surface area contributed by atoms with Gasteiger partial charge in [-0.25, -0.2) is 4.79 Å². The Bertz CT molecular complexity index is 336. The molecule has 1 heterocycles. The maximum Gasteiger partial charge on any atom is 0.408 e. The van der Waals surface area contributed by atoms with Gasteiger partial charge in [0.25, 0.3) is 0 Å². The number of carboxylic acid groups (broad SMARTS) is 1. The first-order valence-corrected chi connectivity index (χ1v) is 5.96. The van der Waals surface area contributed by atoms with Crippen LogP contribution in [0.1, 0.15) is 40.5 Å². The first-order valence-electron chi connectivity index (χ1n) is 5.96. The van der Waals surface area contributed by atoms with Gasteiger partial charge in [0.15, 0.2) is 0 Å². The molecule has 18 heavy (non-hydrogen) atoms. The van der Waals surface area contributed by atoms with Gasteiger partial charge >= 0.3 is 12.1 Å². The van der Waals surface area contributed by atoms with Gasteiger partial charge in [0.05, 0.1) is 24.7 Å². The predicted molar refractivity (Wildman–Crippen MR) is 64.4 cm³/mol. The van der Waals surface area contributed by atoms with Crippen LogP contribution < -0.4 is 5.32 Å². The minimum Gasteiger partial charge on any atom is -0.481 e. The molecule has 0 spiro atoms. The highest BCUT2D eigenvalue weighted by Gasteiger charge is 2.42. The smallest absolute Gasteiger partial charge is 0.408 e. The van der Waals surface area contributed by atoms with Crippen LogP contribution in [0.15, 0.2) is 0 Å². The fourth-order valence-electron chi connectivity index (χ4n) is 2.03. The molecule has 0 saturated carbocycles. The van der Waals surface area contributed by atoms with Gasteiger partial charge in [-0.3, -0.25) is 4.79 Å². The summed E-state index contributed by atoms with van der Waals surface area (Å²) < 4.78 is 10.5. The van der Waals surface area contributed by atoms with E-state index in [1.54, 1.807) is 20.8 Å². The summed E-state index contributed by atoms with van der Waals surface area (Å²) in [4.78, 5) is 22.6. The Kier molecular flexibility index (Phi) is 4.21. The molecule has 0 aromatic rings. The fourth-order valence-corrected chi connectivity index (χ4v) is 2.03. The predicted octanol–water partition coefficient (Wildman–Crippen LogP) is 1.53. The highest BCUT2D eigenvalue weighted by Crippen LogP contribution is 2.27. The topological polar surface area (TPSA) is 84.9 Å². The molecule has 1 aliphatic heterocycles. The number of hydrogen-bond acceptors (Lipinski definition) is 4. The molecule has 2 atom stereocenters. The SMILES string of the molecule is CC1CC(CC(=O)O)(NC(=O)OC(C)(C)C)CO1. The van der Waals surface area contributed by atoms with Crippen molar-refractivity contribution >= 4 is 12.1 Å². The van der Waals surface area contributed by atoms with Crippen molar-refractivity contribution in [3.05, 3.63) is 0 Å². The molecule has 1 aliphatic rings. The minimum absolute atomic E-state index is 0.0701. The van der Waals surface area contributed by atoms with Crippen molar-refractivity contribution in [2.75, 3.05) is 6.61 Å². The third kappa shape index (κ3) is 4.52. The number of rotatable bonds is 3. The summed E-state index contributed by atoms with van der Waals surface area (Å²) in [6.07, 6.45) is -0.379. The van der Waals surface area contributed by atoms with Crippen molar-refractivity contribution in [2.45, 2.75) is 57.8 Å². The monoisotopic (exact) mass is 259 g/mol. The molecule has 0 aromatic heterocycles. The third-order valence-corrected chi connectivity index (χ3v) is 2.58. The first-order chi connectivity index (χ1) is 8.12. The number of aliphatic carboxylic acids is 1. The van der Waals surface area contributed by atoms with E-state index in [9.17, 15) is 9.59 Å². The second-order valence-corrected chi connectivity index (χ2v) is 5.80. The average molecular weight is 259 g/mol. The number of hydrogen-bond donors (Lipinski definition) is 2. The molecule has 1 rings (SSSR count). The second-order valence-electron chi connectivity index (χ2n) is 5.80. The van der Waals surface area contributed by atoms with Crippen molar-refractivity contribution in [2.24, 2.45) is 0 Å². The van der Waals surface area contributed by atoms with Crippen LogP contribution in [0, 0.1) is 0 Å². The Morgan fingerprint density at radius 1 is 1.50 bits per heavy atom. The lowest BCUT2D eigenvalue weighted by molar-refractivity contribution is -0.138. The van der Waals surface area contributed by atoms with E-state index in [1.807, 2.05) is 6.92 Å². The number of alkyl carbamates (subject to hydrolysis) is 1. The number of carbonyl (C=O) groups excluding carboxylic acids is 1. The molecule has 0 aromatic carbocycles. The summed E-state index contributed by atoms with van der Waals surface area (Å²) in [6, 6.07) is 0. The molecule has 1 amide bonds. The molecule has 2 N–H and O–H groups in total. The Balaban J connectivity index is 2.68. The molecule has 6 heteroatoms. The van der Waals surface area contributed by atoms with E-state index in [1.165, 1.54) is 0 Å². The van der Waals surface area contributed by atoms with Crippen LogP contribution in [0.2, 0.25) is 0 Å². The van der Waals surface area contributed by atoms with Crippen molar-refractivity contribution < 1.29 is 24.2 Å². The fraction of sp³-hybridized carbons (Fsp3) is 0.833. The molecular formula is C12H21NO5. The number of nitrogens with one attached hydrogen (secondary N) is 1. The van der Waals surface area contributed by atoms with E-state index in [4.69, 9.17) is 14.6 Å². The standard InChI is InChI=1S/C12H21NO5/c1-8-5-12(7-17-8,6-9(14)15)13-10(16)18-11(2,3)4/h8H,5-7H2,1-4H3,(H,13,16)(H,14,15). The summed E-state index contributed by atoms with van der Waals surface area (Å²) in [5.74, 6) is -0.969. The summed E-state index contributed by atoms with van der Waals surface area (Å²) in [5.41, 5.74) is -1.48.